The Morgan fingerprint density at radius 1 is 1.05 bits per heavy atom. The Labute approximate surface area is 125 Å². The lowest BCUT2D eigenvalue weighted by atomic mass is 9.95. The summed E-state index contributed by atoms with van der Waals surface area (Å²) < 4.78 is 14.4. The van der Waals surface area contributed by atoms with Crippen molar-refractivity contribution in [1.82, 2.24) is 0 Å². The number of rotatable bonds is 2. The van der Waals surface area contributed by atoms with Crippen LogP contribution in [-0.2, 0) is 0 Å². The van der Waals surface area contributed by atoms with Crippen LogP contribution < -0.4 is 0 Å². The third-order valence-electron chi connectivity index (χ3n) is 3.54. The Hall–Kier alpha value is -3.19. The molecule has 0 atom stereocenters. The summed E-state index contributed by atoms with van der Waals surface area (Å²) in [5, 5.41) is 19.5. The van der Waals surface area contributed by atoms with Crippen LogP contribution in [0.4, 0.5) is 4.39 Å². The number of hydrogen-bond acceptors (Lipinski definition) is 2. The summed E-state index contributed by atoms with van der Waals surface area (Å²) in [6.07, 6.45) is 0. The normalized spacial score (nSPS) is 10.4. The molecule has 3 rings (SSSR count). The fraction of sp³-hybridized carbons (Fsp3) is 0. The number of hydrogen-bond donors (Lipinski definition) is 1. The molecule has 0 aliphatic carbocycles. The van der Waals surface area contributed by atoms with E-state index in [9.17, 15) is 9.18 Å². The van der Waals surface area contributed by atoms with Gasteiger partial charge in [0, 0.05) is 5.56 Å². The Morgan fingerprint density at radius 2 is 1.77 bits per heavy atom. The molecule has 106 valence electrons. The molecule has 0 amide bonds. The average Bonchev–Trinajstić information content (AvgIpc) is 2.54. The van der Waals surface area contributed by atoms with Crippen LogP contribution in [0, 0.1) is 17.1 Å². The first-order valence-electron chi connectivity index (χ1n) is 6.57. The average molecular weight is 291 g/mol. The van der Waals surface area contributed by atoms with E-state index in [4.69, 9.17) is 10.4 Å². The zero-order chi connectivity index (χ0) is 15.7. The number of carboxylic acids is 1. The van der Waals surface area contributed by atoms with E-state index in [1.807, 2.05) is 12.1 Å². The standard InChI is InChI=1S/C18H10FNO2/c19-17-13(10-20)4-2-6-15(17)14-5-1-3-11-7-8-12(18(21)22)9-16(11)14/h1-9H,(H,21,22). The summed E-state index contributed by atoms with van der Waals surface area (Å²) in [6, 6.07) is 16.5. The number of halogens is 1. The van der Waals surface area contributed by atoms with Crippen molar-refractivity contribution in [3.63, 3.8) is 0 Å². The first-order valence-corrected chi connectivity index (χ1v) is 6.57. The topological polar surface area (TPSA) is 61.1 Å². The Kier molecular flexibility index (Phi) is 3.32. The van der Waals surface area contributed by atoms with E-state index in [2.05, 4.69) is 0 Å². The highest BCUT2D eigenvalue weighted by molar-refractivity contribution is 6.01. The molecule has 3 nitrogen and oxygen atoms in total. The molecule has 0 heterocycles. The highest BCUT2D eigenvalue weighted by Gasteiger charge is 2.13. The molecule has 0 aromatic heterocycles. The van der Waals surface area contributed by atoms with E-state index in [0.717, 1.165) is 5.39 Å². The number of carbonyl (C=O) groups is 1. The largest absolute Gasteiger partial charge is 0.478 e. The van der Waals surface area contributed by atoms with Crippen LogP contribution in [0.15, 0.2) is 54.6 Å². The van der Waals surface area contributed by atoms with Crippen LogP contribution >= 0.6 is 0 Å². The van der Waals surface area contributed by atoms with E-state index in [-0.39, 0.29) is 16.7 Å². The number of nitriles is 1. The SMILES string of the molecule is N#Cc1cccc(-c2cccc3ccc(C(=O)O)cc23)c1F. The van der Waals surface area contributed by atoms with Gasteiger partial charge in [-0.15, -0.1) is 0 Å². The number of benzene rings is 3. The van der Waals surface area contributed by atoms with Crippen molar-refractivity contribution >= 4 is 16.7 Å². The van der Waals surface area contributed by atoms with Crippen LogP contribution in [-0.4, -0.2) is 11.1 Å². The fourth-order valence-corrected chi connectivity index (χ4v) is 2.47. The molecule has 0 aliphatic rings. The molecular formula is C18H10FNO2. The molecule has 4 heteroatoms. The third kappa shape index (κ3) is 2.19. The van der Waals surface area contributed by atoms with Gasteiger partial charge in [0.25, 0.3) is 0 Å². The Bertz CT molecular complexity index is 941. The predicted octanol–water partition coefficient (Wildman–Crippen LogP) is 4.22. The lowest BCUT2D eigenvalue weighted by Gasteiger charge is -2.09. The van der Waals surface area contributed by atoms with Gasteiger partial charge in [0.1, 0.15) is 11.9 Å². The molecule has 0 bridgehead atoms. The molecule has 0 unspecified atom stereocenters. The van der Waals surface area contributed by atoms with Crippen molar-refractivity contribution in [1.29, 1.82) is 5.26 Å². The van der Waals surface area contributed by atoms with Gasteiger partial charge in [0.2, 0.25) is 0 Å². The number of carboxylic acid groups (broad SMARTS) is 1. The van der Waals surface area contributed by atoms with Gasteiger partial charge >= 0.3 is 5.97 Å². The summed E-state index contributed by atoms with van der Waals surface area (Å²) in [7, 11) is 0. The molecule has 0 radical (unpaired) electrons. The smallest absolute Gasteiger partial charge is 0.335 e. The molecule has 1 N–H and O–H groups in total. The zero-order valence-electron chi connectivity index (χ0n) is 11.4. The van der Waals surface area contributed by atoms with E-state index < -0.39 is 11.8 Å². The molecule has 0 saturated heterocycles. The highest BCUT2D eigenvalue weighted by Crippen LogP contribution is 2.32. The molecule has 0 aliphatic heterocycles. The summed E-state index contributed by atoms with van der Waals surface area (Å²) >= 11 is 0. The van der Waals surface area contributed by atoms with Gasteiger partial charge in [-0.05, 0) is 34.5 Å². The second-order valence-corrected chi connectivity index (χ2v) is 4.83. The van der Waals surface area contributed by atoms with E-state index in [1.54, 1.807) is 30.3 Å². The number of fused-ring (bicyclic) bond motifs is 1. The van der Waals surface area contributed by atoms with Crippen molar-refractivity contribution in [3.05, 3.63) is 71.5 Å². The minimum Gasteiger partial charge on any atom is -0.478 e. The number of nitrogens with zero attached hydrogens (tertiary/aromatic N) is 1. The maximum atomic E-state index is 14.4. The second kappa shape index (κ2) is 5.30. The van der Waals surface area contributed by atoms with Gasteiger partial charge < -0.3 is 5.11 Å². The van der Waals surface area contributed by atoms with Crippen LogP contribution in [0.5, 0.6) is 0 Å². The minimum atomic E-state index is -1.04. The summed E-state index contributed by atoms with van der Waals surface area (Å²) in [6.45, 7) is 0. The van der Waals surface area contributed by atoms with Gasteiger partial charge in [-0.2, -0.15) is 5.26 Å². The zero-order valence-corrected chi connectivity index (χ0v) is 11.4. The first-order chi connectivity index (χ1) is 10.6. The molecule has 0 saturated carbocycles. The summed E-state index contributed by atoms with van der Waals surface area (Å²) in [5.74, 6) is -1.64. The van der Waals surface area contributed by atoms with Crippen molar-refractivity contribution in [3.8, 4) is 17.2 Å². The fourth-order valence-electron chi connectivity index (χ4n) is 2.47. The maximum absolute atomic E-state index is 14.4. The second-order valence-electron chi connectivity index (χ2n) is 4.83. The highest BCUT2D eigenvalue weighted by atomic mass is 19.1. The maximum Gasteiger partial charge on any atom is 0.335 e. The monoisotopic (exact) mass is 291 g/mol. The summed E-state index contributed by atoms with van der Waals surface area (Å²) in [5.41, 5.74) is 0.947. The molecule has 0 fully saturated rings. The minimum absolute atomic E-state index is 0.0381. The Balaban J connectivity index is 2.34. The molecule has 3 aromatic carbocycles. The van der Waals surface area contributed by atoms with Crippen molar-refractivity contribution in [2.24, 2.45) is 0 Å². The van der Waals surface area contributed by atoms with Crippen LogP contribution in [0.1, 0.15) is 15.9 Å². The van der Waals surface area contributed by atoms with Gasteiger partial charge in [0.05, 0.1) is 11.1 Å². The van der Waals surface area contributed by atoms with Gasteiger partial charge in [0.15, 0.2) is 0 Å². The van der Waals surface area contributed by atoms with Crippen LogP contribution in [0.2, 0.25) is 0 Å². The molecule has 3 aromatic rings. The van der Waals surface area contributed by atoms with Crippen LogP contribution in [0.3, 0.4) is 0 Å². The molecule has 22 heavy (non-hydrogen) atoms. The first kappa shape index (κ1) is 13.8. The van der Waals surface area contributed by atoms with Crippen molar-refractivity contribution in [2.75, 3.05) is 0 Å². The molecule has 0 spiro atoms. The summed E-state index contributed by atoms with van der Waals surface area (Å²) in [4.78, 5) is 11.1. The predicted molar refractivity (Wildman–Crippen MR) is 81.0 cm³/mol. The van der Waals surface area contributed by atoms with Gasteiger partial charge in [-0.25, -0.2) is 9.18 Å². The van der Waals surface area contributed by atoms with Crippen molar-refractivity contribution < 1.29 is 14.3 Å². The van der Waals surface area contributed by atoms with Gasteiger partial charge in [-0.1, -0.05) is 36.4 Å². The number of aromatic carboxylic acids is 1. The Morgan fingerprint density at radius 3 is 2.50 bits per heavy atom. The quantitative estimate of drug-likeness (QED) is 0.769. The van der Waals surface area contributed by atoms with E-state index in [1.165, 1.54) is 18.2 Å². The van der Waals surface area contributed by atoms with Gasteiger partial charge in [-0.3, -0.25) is 0 Å². The van der Waals surface area contributed by atoms with Crippen molar-refractivity contribution in [2.45, 2.75) is 0 Å². The lowest BCUT2D eigenvalue weighted by molar-refractivity contribution is 0.0697. The third-order valence-corrected chi connectivity index (χ3v) is 3.54. The van der Waals surface area contributed by atoms with E-state index in [0.29, 0.717) is 10.9 Å². The lowest BCUT2D eigenvalue weighted by Crippen LogP contribution is -1.96. The van der Waals surface area contributed by atoms with Crippen LogP contribution in [0.25, 0.3) is 21.9 Å². The molecular weight excluding hydrogens is 281 g/mol. The van der Waals surface area contributed by atoms with E-state index >= 15 is 0 Å².